The topological polar surface area (TPSA) is 59.6 Å². The Morgan fingerprint density at radius 1 is 1.00 bits per heavy atom. The molecular formula is C17H18F2N2O3. The first-order valence-corrected chi connectivity index (χ1v) is 7.20. The fourth-order valence-electron chi connectivity index (χ4n) is 2.09. The largest absolute Gasteiger partial charge is 0.493 e. The van der Waals surface area contributed by atoms with E-state index in [0.29, 0.717) is 18.0 Å². The predicted octanol–water partition coefficient (Wildman–Crippen LogP) is 2.71. The van der Waals surface area contributed by atoms with Crippen LogP contribution in [0.2, 0.25) is 0 Å². The summed E-state index contributed by atoms with van der Waals surface area (Å²) in [6, 6.07) is 8.62. The summed E-state index contributed by atoms with van der Waals surface area (Å²) in [5, 5.41) is 5.44. The lowest BCUT2D eigenvalue weighted by molar-refractivity contribution is -0.115. The Hall–Kier alpha value is -2.67. The average Bonchev–Trinajstić information content (AvgIpc) is 2.58. The van der Waals surface area contributed by atoms with E-state index in [-0.39, 0.29) is 18.1 Å². The molecule has 128 valence electrons. The van der Waals surface area contributed by atoms with Gasteiger partial charge in [-0.15, -0.1) is 0 Å². The fraction of sp³-hybridized carbons (Fsp3) is 0.235. The zero-order chi connectivity index (χ0) is 17.5. The number of hydrogen-bond donors (Lipinski definition) is 2. The third kappa shape index (κ3) is 4.66. The quantitative estimate of drug-likeness (QED) is 0.816. The first-order valence-electron chi connectivity index (χ1n) is 7.20. The Morgan fingerprint density at radius 3 is 2.42 bits per heavy atom. The summed E-state index contributed by atoms with van der Waals surface area (Å²) in [7, 11) is 3.10. The van der Waals surface area contributed by atoms with Crippen LogP contribution >= 0.6 is 0 Å². The van der Waals surface area contributed by atoms with Crippen molar-refractivity contribution in [3.05, 3.63) is 53.6 Å². The van der Waals surface area contributed by atoms with Crippen LogP contribution in [0.25, 0.3) is 0 Å². The average molecular weight is 336 g/mol. The molecule has 0 atom stereocenters. The number of hydrogen-bond acceptors (Lipinski definition) is 4. The SMILES string of the molecule is COc1ccc(CNCC(=O)Nc2ccc(F)c(F)c2)cc1OC. The second-order valence-electron chi connectivity index (χ2n) is 4.97. The molecule has 2 rings (SSSR count). The number of benzene rings is 2. The van der Waals surface area contributed by atoms with E-state index in [1.165, 1.54) is 6.07 Å². The van der Waals surface area contributed by atoms with Crippen LogP contribution in [0.4, 0.5) is 14.5 Å². The molecule has 2 N–H and O–H groups in total. The Morgan fingerprint density at radius 2 is 1.75 bits per heavy atom. The number of methoxy groups -OCH3 is 2. The van der Waals surface area contributed by atoms with Gasteiger partial charge in [0.25, 0.3) is 0 Å². The van der Waals surface area contributed by atoms with Gasteiger partial charge in [-0.1, -0.05) is 6.07 Å². The van der Waals surface area contributed by atoms with Crippen LogP contribution in [0.5, 0.6) is 11.5 Å². The number of carbonyl (C=O) groups excluding carboxylic acids is 1. The maximum Gasteiger partial charge on any atom is 0.238 e. The van der Waals surface area contributed by atoms with E-state index in [0.717, 1.165) is 17.7 Å². The second-order valence-corrected chi connectivity index (χ2v) is 4.97. The van der Waals surface area contributed by atoms with Crippen LogP contribution in [0, 0.1) is 11.6 Å². The molecule has 24 heavy (non-hydrogen) atoms. The molecule has 0 aromatic heterocycles. The van der Waals surface area contributed by atoms with E-state index in [9.17, 15) is 13.6 Å². The summed E-state index contributed by atoms with van der Waals surface area (Å²) >= 11 is 0. The summed E-state index contributed by atoms with van der Waals surface area (Å²) in [5.41, 5.74) is 1.11. The van der Waals surface area contributed by atoms with Gasteiger partial charge in [0.2, 0.25) is 5.91 Å². The lowest BCUT2D eigenvalue weighted by Crippen LogP contribution is -2.27. The molecule has 0 bridgehead atoms. The molecule has 5 nitrogen and oxygen atoms in total. The van der Waals surface area contributed by atoms with Crippen molar-refractivity contribution in [1.29, 1.82) is 0 Å². The monoisotopic (exact) mass is 336 g/mol. The summed E-state index contributed by atoms with van der Waals surface area (Å²) < 4.78 is 36.3. The fourth-order valence-corrected chi connectivity index (χ4v) is 2.09. The van der Waals surface area contributed by atoms with Crippen molar-refractivity contribution in [1.82, 2.24) is 5.32 Å². The molecule has 2 aromatic carbocycles. The first kappa shape index (κ1) is 17.7. The summed E-state index contributed by atoms with van der Waals surface area (Å²) in [4.78, 5) is 11.8. The highest BCUT2D eigenvalue weighted by Gasteiger charge is 2.07. The number of anilines is 1. The standard InChI is InChI=1S/C17H18F2N2O3/c1-23-15-6-3-11(7-16(15)24-2)9-20-10-17(22)21-12-4-5-13(18)14(19)8-12/h3-8,20H,9-10H2,1-2H3,(H,21,22). The molecule has 7 heteroatoms. The van der Waals surface area contributed by atoms with Crippen molar-refractivity contribution >= 4 is 11.6 Å². The van der Waals surface area contributed by atoms with Crippen LogP contribution in [0.1, 0.15) is 5.56 Å². The van der Waals surface area contributed by atoms with Crippen molar-refractivity contribution in [2.75, 3.05) is 26.1 Å². The Bertz CT molecular complexity index is 723. The summed E-state index contributed by atoms with van der Waals surface area (Å²) in [5.74, 6) is -1.10. The van der Waals surface area contributed by atoms with E-state index >= 15 is 0 Å². The number of nitrogens with one attached hydrogen (secondary N) is 2. The highest BCUT2D eigenvalue weighted by atomic mass is 19.2. The zero-order valence-corrected chi connectivity index (χ0v) is 13.4. The highest BCUT2D eigenvalue weighted by Crippen LogP contribution is 2.27. The molecule has 0 saturated heterocycles. The molecule has 0 radical (unpaired) electrons. The van der Waals surface area contributed by atoms with Crippen molar-refractivity contribution < 1.29 is 23.0 Å². The van der Waals surface area contributed by atoms with Crippen LogP contribution in [0.15, 0.2) is 36.4 Å². The molecule has 0 aliphatic carbocycles. The van der Waals surface area contributed by atoms with E-state index < -0.39 is 11.6 Å². The van der Waals surface area contributed by atoms with Gasteiger partial charge in [-0.2, -0.15) is 0 Å². The number of rotatable bonds is 7. The van der Waals surface area contributed by atoms with E-state index in [1.54, 1.807) is 26.4 Å². The van der Waals surface area contributed by atoms with E-state index in [4.69, 9.17) is 9.47 Å². The Labute approximate surface area is 138 Å². The smallest absolute Gasteiger partial charge is 0.238 e. The predicted molar refractivity (Wildman–Crippen MR) is 86.2 cm³/mol. The minimum Gasteiger partial charge on any atom is -0.493 e. The molecule has 0 aliphatic heterocycles. The van der Waals surface area contributed by atoms with Crippen LogP contribution in [-0.4, -0.2) is 26.7 Å². The normalized spacial score (nSPS) is 10.3. The lowest BCUT2D eigenvalue weighted by atomic mass is 10.2. The van der Waals surface area contributed by atoms with Gasteiger partial charge in [0.15, 0.2) is 23.1 Å². The third-order valence-corrected chi connectivity index (χ3v) is 3.27. The molecule has 0 saturated carbocycles. The van der Waals surface area contributed by atoms with Gasteiger partial charge in [0.1, 0.15) is 0 Å². The van der Waals surface area contributed by atoms with E-state index in [2.05, 4.69) is 10.6 Å². The molecule has 1 amide bonds. The molecule has 0 spiro atoms. The Balaban J connectivity index is 1.85. The molecular weight excluding hydrogens is 318 g/mol. The number of carbonyl (C=O) groups is 1. The maximum absolute atomic E-state index is 13.1. The van der Waals surface area contributed by atoms with Gasteiger partial charge >= 0.3 is 0 Å². The first-order chi connectivity index (χ1) is 11.5. The van der Waals surface area contributed by atoms with Crippen molar-refractivity contribution in [2.24, 2.45) is 0 Å². The molecule has 0 aliphatic rings. The van der Waals surface area contributed by atoms with Crippen molar-refractivity contribution in [2.45, 2.75) is 6.54 Å². The van der Waals surface area contributed by atoms with Gasteiger partial charge in [0.05, 0.1) is 20.8 Å². The Kier molecular flexibility index (Phi) is 6.08. The van der Waals surface area contributed by atoms with Crippen LogP contribution < -0.4 is 20.1 Å². The van der Waals surface area contributed by atoms with Gasteiger partial charge < -0.3 is 20.1 Å². The van der Waals surface area contributed by atoms with E-state index in [1.807, 2.05) is 6.07 Å². The van der Waals surface area contributed by atoms with Gasteiger partial charge in [-0.25, -0.2) is 8.78 Å². The second kappa shape index (κ2) is 8.26. The third-order valence-electron chi connectivity index (χ3n) is 3.27. The van der Waals surface area contributed by atoms with Crippen LogP contribution in [-0.2, 0) is 11.3 Å². The number of amides is 1. The maximum atomic E-state index is 13.1. The molecule has 2 aromatic rings. The number of halogens is 2. The molecule has 0 fully saturated rings. The summed E-state index contributed by atoms with van der Waals surface area (Å²) in [6.45, 7) is 0.457. The van der Waals surface area contributed by atoms with Gasteiger partial charge in [-0.05, 0) is 29.8 Å². The van der Waals surface area contributed by atoms with Crippen molar-refractivity contribution in [3.63, 3.8) is 0 Å². The number of ether oxygens (including phenoxy) is 2. The van der Waals surface area contributed by atoms with Gasteiger partial charge in [0, 0.05) is 18.3 Å². The minimum atomic E-state index is -1.01. The van der Waals surface area contributed by atoms with Crippen molar-refractivity contribution in [3.8, 4) is 11.5 Å². The van der Waals surface area contributed by atoms with Crippen LogP contribution in [0.3, 0.4) is 0 Å². The molecule has 0 heterocycles. The minimum absolute atomic E-state index is 0.0212. The molecule has 0 unspecified atom stereocenters. The zero-order valence-electron chi connectivity index (χ0n) is 13.4. The summed E-state index contributed by atoms with van der Waals surface area (Å²) in [6.07, 6.45) is 0. The highest BCUT2D eigenvalue weighted by molar-refractivity contribution is 5.92. The lowest BCUT2D eigenvalue weighted by Gasteiger charge is -2.10. The van der Waals surface area contributed by atoms with Gasteiger partial charge in [-0.3, -0.25) is 4.79 Å².